The molecule has 3 rings (SSSR count). The monoisotopic (exact) mass is 346 g/mol. The number of carbonyl (C=O) groups excluding carboxylic acids is 2. The Morgan fingerprint density at radius 2 is 1.62 bits per heavy atom. The summed E-state index contributed by atoms with van der Waals surface area (Å²) in [6, 6.07) is 7.31. The topological polar surface area (TPSA) is 58.4 Å². The zero-order valence-electron chi connectivity index (χ0n) is 13.7. The van der Waals surface area contributed by atoms with Crippen LogP contribution in [0.4, 0.5) is 0 Å². The number of hydrogen-bond donors (Lipinski definition) is 0. The van der Waals surface area contributed by atoms with Gasteiger partial charge in [-0.25, -0.2) is 4.68 Å². The molecular weight excluding hydrogens is 328 g/mol. The highest BCUT2D eigenvalue weighted by Gasteiger charge is 2.25. The van der Waals surface area contributed by atoms with Crippen LogP contribution in [0.2, 0.25) is 5.02 Å². The van der Waals surface area contributed by atoms with Crippen LogP contribution in [0.15, 0.2) is 30.5 Å². The average molecular weight is 347 g/mol. The molecule has 1 fully saturated rings. The summed E-state index contributed by atoms with van der Waals surface area (Å²) < 4.78 is 1.73. The fourth-order valence-electron chi connectivity index (χ4n) is 2.86. The molecule has 0 N–H and O–H groups in total. The lowest BCUT2D eigenvalue weighted by Gasteiger charge is -2.34. The average Bonchev–Trinajstić information content (AvgIpc) is 2.96. The Bertz CT molecular complexity index is 761. The molecule has 7 heteroatoms. The number of aromatic nitrogens is 2. The third-order valence-electron chi connectivity index (χ3n) is 4.32. The molecule has 2 aromatic rings. The van der Waals surface area contributed by atoms with Crippen molar-refractivity contribution in [2.24, 2.45) is 0 Å². The van der Waals surface area contributed by atoms with Crippen molar-refractivity contribution in [1.29, 1.82) is 0 Å². The molecule has 0 bridgehead atoms. The predicted molar refractivity (Wildman–Crippen MR) is 91.5 cm³/mol. The van der Waals surface area contributed by atoms with E-state index in [0.29, 0.717) is 36.8 Å². The van der Waals surface area contributed by atoms with Crippen molar-refractivity contribution >= 4 is 23.4 Å². The second-order valence-electron chi connectivity index (χ2n) is 5.83. The van der Waals surface area contributed by atoms with Crippen LogP contribution in [-0.2, 0) is 4.79 Å². The van der Waals surface area contributed by atoms with Gasteiger partial charge in [0.25, 0.3) is 5.91 Å². The summed E-state index contributed by atoms with van der Waals surface area (Å²) in [5.41, 5.74) is 2.23. The smallest absolute Gasteiger partial charge is 0.257 e. The molecule has 0 saturated carbocycles. The maximum absolute atomic E-state index is 12.7. The van der Waals surface area contributed by atoms with Gasteiger partial charge in [0, 0.05) is 38.1 Å². The largest absolute Gasteiger partial charge is 0.339 e. The van der Waals surface area contributed by atoms with Crippen LogP contribution in [0, 0.1) is 6.92 Å². The van der Waals surface area contributed by atoms with Gasteiger partial charge in [0.05, 0.1) is 23.1 Å². The van der Waals surface area contributed by atoms with Crippen molar-refractivity contribution in [2.45, 2.75) is 13.8 Å². The lowest BCUT2D eigenvalue weighted by Crippen LogP contribution is -2.50. The first-order valence-electron chi connectivity index (χ1n) is 7.82. The summed E-state index contributed by atoms with van der Waals surface area (Å²) in [6.07, 6.45) is 1.60. The van der Waals surface area contributed by atoms with E-state index in [1.807, 2.05) is 19.1 Å². The molecule has 1 aliphatic heterocycles. The van der Waals surface area contributed by atoms with E-state index >= 15 is 0 Å². The minimum atomic E-state index is -0.0454. The van der Waals surface area contributed by atoms with Gasteiger partial charge in [0.1, 0.15) is 0 Å². The Morgan fingerprint density at radius 1 is 1.04 bits per heavy atom. The maximum Gasteiger partial charge on any atom is 0.257 e. The molecule has 6 nitrogen and oxygen atoms in total. The lowest BCUT2D eigenvalue weighted by atomic mass is 10.2. The third kappa shape index (κ3) is 3.14. The summed E-state index contributed by atoms with van der Waals surface area (Å²) >= 11 is 5.91. The number of amides is 2. The van der Waals surface area contributed by atoms with Crippen molar-refractivity contribution in [3.8, 4) is 5.69 Å². The summed E-state index contributed by atoms with van der Waals surface area (Å²) in [4.78, 5) is 27.7. The van der Waals surface area contributed by atoms with Crippen LogP contribution >= 0.6 is 11.6 Å². The van der Waals surface area contributed by atoms with Crippen LogP contribution < -0.4 is 0 Å². The molecule has 0 atom stereocenters. The molecule has 126 valence electrons. The van der Waals surface area contributed by atoms with Crippen molar-refractivity contribution in [3.05, 3.63) is 46.7 Å². The van der Waals surface area contributed by atoms with Crippen LogP contribution in [0.3, 0.4) is 0 Å². The Morgan fingerprint density at radius 3 is 2.21 bits per heavy atom. The Hall–Kier alpha value is -2.34. The first-order chi connectivity index (χ1) is 11.5. The van der Waals surface area contributed by atoms with Crippen molar-refractivity contribution in [3.63, 3.8) is 0 Å². The quantitative estimate of drug-likeness (QED) is 0.837. The molecular formula is C17H19ClN4O2. The van der Waals surface area contributed by atoms with E-state index in [1.54, 1.807) is 39.7 Å². The van der Waals surface area contributed by atoms with Gasteiger partial charge < -0.3 is 9.80 Å². The molecule has 1 aromatic heterocycles. The highest BCUT2D eigenvalue weighted by molar-refractivity contribution is 6.30. The fraction of sp³-hybridized carbons (Fsp3) is 0.353. The maximum atomic E-state index is 12.7. The highest BCUT2D eigenvalue weighted by atomic mass is 35.5. The van der Waals surface area contributed by atoms with E-state index in [2.05, 4.69) is 5.10 Å². The summed E-state index contributed by atoms with van der Waals surface area (Å²) in [5.74, 6) is 0.00440. The molecule has 1 aromatic carbocycles. The van der Waals surface area contributed by atoms with Crippen molar-refractivity contribution in [1.82, 2.24) is 19.6 Å². The Labute approximate surface area is 145 Å². The van der Waals surface area contributed by atoms with Gasteiger partial charge >= 0.3 is 0 Å². The van der Waals surface area contributed by atoms with Gasteiger partial charge in [-0.15, -0.1) is 0 Å². The standard InChI is InChI=1S/C17H19ClN4O2/c1-12-16(11-19-22(12)15-5-3-14(18)4-6-15)17(24)21-9-7-20(8-10-21)13(2)23/h3-6,11H,7-10H2,1-2H3. The first-order valence-corrected chi connectivity index (χ1v) is 8.20. The number of rotatable bonds is 2. The number of benzene rings is 1. The highest BCUT2D eigenvalue weighted by Crippen LogP contribution is 2.18. The van der Waals surface area contributed by atoms with E-state index in [-0.39, 0.29) is 11.8 Å². The summed E-state index contributed by atoms with van der Waals surface area (Å²) in [7, 11) is 0. The third-order valence-corrected chi connectivity index (χ3v) is 4.58. The fourth-order valence-corrected chi connectivity index (χ4v) is 2.98. The zero-order valence-corrected chi connectivity index (χ0v) is 14.5. The van der Waals surface area contributed by atoms with Crippen molar-refractivity contribution < 1.29 is 9.59 Å². The molecule has 0 radical (unpaired) electrons. The van der Waals surface area contributed by atoms with E-state index in [0.717, 1.165) is 11.4 Å². The van der Waals surface area contributed by atoms with Gasteiger partial charge in [-0.1, -0.05) is 11.6 Å². The van der Waals surface area contributed by atoms with E-state index in [1.165, 1.54) is 0 Å². The Kier molecular flexibility index (Phi) is 4.57. The molecule has 1 saturated heterocycles. The zero-order chi connectivity index (χ0) is 17.3. The van der Waals surface area contributed by atoms with Crippen LogP contribution in [-0.4, -0.2) is 57.6 Å². The van der Waals surface area contributed by atoms with Crippen molar-refractivity contribution in [2.75, 3.05) is 26.2 Å². The number of piperazine rings is 1. The normalized spacial score (nSPS) is 14.8. The molecule has 1 aliphatic rings. The van der Waals surface area contributed by atoms with E-state index in [4.69, 9.17) is 11.6 Å². The van der Waals surface area contributed by atoms with Crippen LogP contribution in [0.5, 0.6) is 0 Å². The number of hydrogen-bond acceptors (Lipinski definition) is 3. The number of carbonyl (C=O) groups is 2. The van der Waals surface area contributed by atoms with Gasteiger partial charge in [-0.2, -0.15) is 5.10 Å². The Balaban J connectivity index is 1.77. The van der Waals surface area contributed by atoms with E-state index in [9.17, 15) is 9.59 Å². The lowest BCUT2D eigenvalue weighted by molar-refractivity contribution is -0.130. The van der Waals surface area contributed by atoms with Crippen LogP contribution in [0.25, 0.3) is 5.69 Å². The molecule has 0 spiro atoms. The van der Waals surface area contributed by atoms with Gasteiger partial charge in [0.15, 0.2) is 0 Å². The van der Waals surface area contributed by atoms with Crippen LogP contribution in [0.1, 0.15) is 23.0 Å². The van der Waals surface area contributed by atoms with Gasteiger partial charge in [-0.05, 0) is 31.2 Å². The second kappa shape index (κ2) is 6.65. The molecule has 2 amide bonds. The van der Waals surface area contributed by atoms with E-state index < -0.39 is 0 Å². The number of halogens is 1. The second-order valence-corrected chi connectivity index (χ2v) is 6.27. The summed E-state index contributed by atoms with van der Waals surface area (Å²) in [5, 5.41) is 4.99. The molecule has 0 unspecified atom stereocenters. The molecule has 0 aliphatic carbocycles. The predicted octanol–water partition coefficient (Wildman–Crippen LogP) is 2.14. The summed E-state index contributed by atoms with van der Waals surface area (Å²) in [6.45, 7) is 5.67. The minimum Gasteiger partial charge on any atom is -0.339 e. The first kappa shape index (κ1) is 16.5. The number of nitrogens with zero attached hydrogens (tertiary/aromatic N) is 4. The minimum absolute atomic E-state index is 0.0454. The van der Waals surface area contributed by atoms with Gasteiger partial charge in [0.2, 0.25) is 5.91 Å². The molecule has 24 heavy (non-hydrogen) atoms. The SMILES string of the molecule is CC(=O)N1CCN(C(=O)c2cnn(-c3ccc(Cl)cc3)c2C)CC1. The van der Waals surface area contributed by atoms with Gasteiger partial charge in [-0.3, -0.25) is 9.59 Å². The molecule has 2 heterocycles.